The van der Waals surface area contributed by atoms with E-state index in [-0.39, 0.29) is 11.9 Å². The first kappa shape index (κ1) is 17.4. The molecule has 132 valence electrons. The quantitative estimate of drug-likeness (QED) is 0.883. The molecule has 1 aromatic heterocycles. The van der Waals surface area contributed by atoms with Gasteiger partial charge < -0.3 is 20.1 Å². The van der Waals surface area contributed by atoms with Crippen LogP contribution in [-0.4, -0.2) is 52.9 Å². The molecule has 2 N–H and O–H groups in total. The number of H-pyrrole nitrogens is 1. The summed E-state index contributed by atoms with van der Waals surface area (Å²) < 4.78 is 0. The van der Waals surface area contributed by atoms with Crippen LogP contribution < -0.4 is 5.32 Å². The van der Waals surface area contributed by atoms with Crippen molar-refractivity contribution in [1.82, 2.24) is 14.8 Å². The predicted octanol–water partition coefficient (Wildman–Crippen LogP) is 2.98. The molecule has 6 nitrogen and oxygen atoms in total. The van der Waals surface area contributed by atoms with Crippen molar-refractivity contribution >= 4 is 29.2 Å². The Hall–Kier alpha value is -2.47. The van der Waals surface area contributed by atoms with E-state index in [1.165, 1.54) is 0 Å². The fourth-order valence-electron chi connectivity index (χ4n) is 2.86. The second-order valence-electron chi connectivity index (χ2n) is 6.03. The van der Waals surface area contributed by atoms with Gasteiger partial charge in [0.05, 0.1) is 6.42 Å². The maximum Gasteiger partial charge on any atom is 0.321 e. The van der Waals surface area contributed by atoms with Crippen molar-refractivity contribution < 1.29 is 9.59 Å². The van der Waals surface area contributed by atoms with Crippen molar-refractivity contribution in [3.05, 3.63) is 53.3 Å². The number of aromatic nitrogens is 1. The lowest BCUT2D eigenvalue weighted by atomic mass is 10.2. The van der Waals surface area contributed by atoms with Crippen molar-refractivity contribution in [2.24, 2.45) is 0 Å². The second kappa shape index (κ2) is 8.07. The number of hydrogen-bond donors (Lipinski definition) is 2. The number of aromatic amines is 1. The number of halogens is 1. The van der Waals surface area contributed by atoms with Gasteiger partial charge in [0.2, 0.25) is 5.91 Å². The Kier molecular flexibility index (Phi) is 5.60. The van der Waals surface area contributed by atoms with E-state index in [0.29, 0.717) is 43.3 Å². The maximum atomic E-state index is 12.4. The van der Waals surface area contributed by atoms with Gasteiger partial charge in [-0.3, -0.25) is 4.79 Å². The van der Waals surface area contributed by atoms with Crippen molar-refractivity contribution in [3.63, 3.8) is 0 Å². The Morgan fingerprint density at radius 3 is 2.48 bits per heavy atom. The molecule has 1 aromatic carbocycles. The van der Waals surface area contributed by atoms with E-state index in [0.717, 1.165) is 12.1 Å². The van der Waals surface area contributed by atoms with Gasteiger partial charge in [-0.1, -0.05) is 11.6 Å². The van der Waals surface area contributed by atoms with Crippen LogP contribution in [0.4, 0.5) is 10.5 Å². The fourth-order valence-corrected chi connectivity index (χ4v) is 2.98. The first-order valence-corrected chi connectivity index (χ1v) is 8.71. The Labute approximate surface area is 151 Å². The molecule has 25 heavy (non-hydrogen) atoms. The Morgan fingerprint density at radius 1 is 1.04 bits per heavy atom. The van der Waals surface area contributed by atoms with Crippen LogP contribution in [0.25, 0.3) is 0 Å². The van der Waals surface area contributed by atoms with E-state index < -0.39 is 0 Å². The summed E-state index contributed by atoms with van der Waals surface area (Å²) in [6.45, 7) is 2.37. The Bertz CT molecular complexity index is 715. The SMILES string of the molecule is O=C(Cc1ccc[nH]1)N1CCCN(C(=O)Nc2ccc(Cl)cc2)CC1. The number of hydrogen-bond acceptors (Lipinski definition) is 2. The standard InChI is InChI=1S/C18H21ClN4O2/c19-14-4-6-15(7-5-14)21-18(25)23-10-2-9-22(11-12-23)17(24)13-16-3-1-8-20-16/h1,3-8,20H,2,9-13H2,(H,21,25). The molecule has 3 amide bonds. The van der Waals surface area contributed by atoms with Crippen LogP contribution in [0.2, 0.25) is 5.02 Å². The number of rotatable bonds is 3. The molecule has 0 radical (unpaired) electrons. The van der Waals surface area contributed by atoms with Crippen LogP contribution in [0.3, 0.4) is 0 Å². The molecule has 1 fully saturated rings. The minimum absolute atomic E-state index is 0.0856. The number of carbonyl (C=O) groups excluding carboxylic acids is 2. The van der Waals surface area contributed by atoms with Gasteiger partial charge in [-0.05, 0) is 42.8 Å². The monoisotopic (exact) mass is 360 g/mol. The van der Waals surface area contributed by atoms with Crippen LogP contribution in [0.1, 0.15) is 12.1 Å². The number of nitrogens with one attached hydrogen (secondary N) is 2. The van der Waals surface area contributed by atoms with E-state index in [2.05, 4.69) is 10.3 Å². The van der Waals surface area contributed by atoms with Gasteiger partial charge in [-0.25, -0.2) is 4.79 Å². The van der Waals surface area contributed by atoms with Crippen molar-refractivity contribution in [1.29, 1.82) is 0 Å². The van der Waals surface area contributed by atoms with Crippen molar-refractivity contribution in [2.45, 2.75) is 12.8 Å². The molecule has 1 saturated heterocycles. The van der Waals surface area contributed by atoms with E-state index in [1.807, 2.05) is 23.2 Å². The molecule has 7 heteroatoms. The van der Waals surface area contributed by atoms with Gasteiger partial charge in [0.15, 0.2) is 0 Å². The first-order chi connectivity index (χ1) is 12.1. The second-order valence-corrected chi connectivity index (χ2v) is 6.47. The summed E-state index contributed by atoms with van der Waals surface area (Å²) in [5.74, 6) is 0.0856. The molecular formula is C18H21ClN4O2. The van der Waals surface area contributed by atoms with Crippen LogP contribution in [0.5, 0.6) is 0 Å². The number of carbonyl (C=O) groups is 2. The number of nitrogens with zero attached hydrogens (tertiary/aromatic N) is 2. The molecule has 0 atom stereocenters. The third-order valence-corrected chi connectivity index (χ3v) is 4.49. The number of urea groups is 1. The largest absolute Gasteiger partial charge is 0.365 e. The summed E-state index contributed by atoms with van der Waals surface area (Å²) in [5, 5.41) is 3.50. The Balaban J connectivity index is 1.53. The predicted molar refractivity (Wildman–Crippen MR) is 97.7 cm³/mol. The molecule has 2 heterocycles. The summed E-state index contributed by atoms with van der Waals surface area (Å²) >= 11 is 5.85. The highest BCUT2D eigenvalue weighted by molar-refractivity contribution is 6.30. The number of benzene rings is 1. The summed E-state index contributed by atoms with van der Waals surface area (Å²) in [6.07, 6.45) is 2.95. The van der Waals surface area contributed by atoms with E-state index >= 15 is 0 Å². The average molecular weight is 361 g/mol. The average Bonchev–Trinajstić information content (AvgIpc) is 2.98. The van der Waals surface area contributed by atoms with Crippen molar-refractivity contribution in [2.75, 3.05) is 31.5 Å². The molecular weight excluding hydrogens is 340 g/mol. The zero-order valence-corrected chi connectivity index (χ0v) is 14.6. The normalized spacial score (nSPS) is 14.9. The Morgan fingerprint density at radius 2 is 1.76 bits per heavy atom. The summed E-state index contributed by atoms with van der Waals surface area (Å²) in [6, 6.07) is 10.6. The topological polar surface area (TPSA) is 68.4 Å². The number of amides is 3. The highest BCUT2D eigenvalue weighted by Crippen LogP contribution is 2.14. The molecule has 1 aliphatic rings. The van der Waals surface area contributed by atoms with E-state index in [9.17, 15) is 9.59 Å². The fraction of sp³-hybridized carbons (Fsp3) is 0.333. The van der Waals surface area contributed by atoms with Gasteiger partial charge in [0.1, 0.15) is 0 Å². The van der Waals surface area contributed by atoms with Gasteiger partial charge in [0, 0.05) is 48.8 Å². The molecule has 2 aromatic rings. The van der Waals surface area contributed by atoms with E-state index in [1.54, 1.807) is 29.2 Å². The minimum Gasteiger partial charge on any atom is -0.365 e. The van der Waals surface area contributed by atoms with Crippen LogP contribution in [0, 0.1) is 0 Å². The molecule has 0 bridgehead atoms. The van der Waals surface area contributed by atoms with Gasteiger partial charge >= 0.3 is 6.03 Å². The first-order valence-electron chi connectivity index (χ1n) is 8.33. The lowest BCUT2D eigenvalue weighted by molar-refractivity contribution is -0.130. The molecule has 3 rings (SSSR count). The van der Waals surface area contributed by atoms with Gasteiger partial charge in [-0.2, -0.15) is 0 Å². The third-order valence-electron chi connectivity index (χ3n) is 4.24. The maximum absolute atomic E-state index is 12.4. The zero-order valence-electron chi connectivity index (χ0n) is 13.9. The van der Waals surface area contributed by atoms with Gasteiger partial charge in [-0.15, -0.1) is 0 Å². The van der Waals surface area contributed by atoms with Gasteiger partial charge in [0.25, 0.3) is 0 Å². The highest BCUT2D eigenvalue weighted by Gasteiger charge is 2.22. The molecule has 0 aliphatic carbocycles. The lowest BCUT2D eigenvalue weighted by Crippen LogP contribution is -2.39. The molecule has 0 saturated carbocycles. The summed E-state index contributed by atoms with van der Waals surface area (Å²) in [4.78, 5) is 31.4. The third kappa shape index (κ3) is 4.76. The lowest BCUT2D eigenvalue weighted by Gasteiger charge is -2.22. The molecule has 0 unspecified atom stereocenters. The van der Waals surface area contributed by atoms with E-state index in [4.69, 9.17) is 11.6 Å². The summed E-state index contributed by atoms with van der Waals surface area (Å²) in [7, 11) is 0. The van der Waals surface area contributed by atoms with Crippen molar-refractivity contribution in [3.8, 4) is 0 Å². The smallest absolute Gasteiger partial charge is 0.321 e. The number of anilines is 1. The summed E-state index contributed by atoms with van der Waals surface area (Å²) in [5.41, 5.74) is 1.62. The zero-order chi connectivity index (χ0) is 17.6. The van der Waals surface area contributed by atoms with Crippen LogP contribution >= 0.6 is 11.6 Å². The van der Waals surface area contributed by atoms with Crippen LogP contribution in [-0.2, 0) is 11.2 Å². The molecule has 1 aliphatic heterocycles. The minimum atomic E-state index is -0.152. The molecule has 0 spiro atoms. The van der Waals surface area contributed by atoms with Crippen LogP contribution in [0.15, 0.2) is 42.6 Å². The highest BCUT2D eigenvalue weighted by atomic mass is 35.5.